The number of hydrogen-bond donors (Lipinski definition) is 3. The van der Waals surface area contributed by atoms with Crippen molar-refractivity contribution in [3.63, 3.8) is 0 Å². The summed E-state index contributed by atoms with van der Waals surface area (Å²) in [5.74, 6) is 0.701. The third-order valence-electron chi connectivity index (χ3n) is 4.79. The first-order chi connectivity index (χ1) is 14.1. The molecule has 2 heterocycles. The first kappa shape index (κ1) is 25.1. The lowest BCUT2D eigenvalue weighted by molar-refractivity contribution is 0.192. The molecule has 30 heavy (non-hydrogen) atoms. The second kappa shape index (κ2) is 12.6. The van der Waals surface area contributed by atoms with Gasteiger partial charge in [0.2, 0.25) is 10.0 Å². The topological polar surface area (TPSA) is 85.8 Å². The molecule has 1 fully saturated rings. The van der Waals surface area contributed by atoms with Crippen molar-refractivity contribution in [2.24, 2.45) is 4.99 Å². The molecule has 1 aromatic heterocycles. The highest BCUT2D eigenvalue weighted by Gasteiger charge is 2.21. The van der Waals surface area contributed by atoms with E-state index in [0.29, 0.717) is 29.3 Å². The van der Waals surface area contributed by atoms with Crippen LogP contribution in [0.5, 0.6) is 0 Å². The van der Waals surface area contributed by atoms with E-state index in [-0.39, 0.29) is 24.0 Å². The van der Waals surface area contributed by atoms with E-state index in [2.05, 4.69) is 49.5 Å². The van der Waals surface area contributed by atoms with Gasteiger partial charge in [0.05, 0.1) is 0 Å². The van der Waals surface area contributed by atoms with Gasteiger partial charge in [0.15, 0.2) is 5.96 Å². The maximum Gasteiger partial charge on any atom is 0.250 e. The second-order valence-electron chi connectivity index (χ2n) is 7.03. The summed E-state index contributed by atoms with van der Waals surface area (Å²) in [5.41, 5.74) is 1.33. The van der Waals surface area contributed by atoms with Crippen molar-refractivity contribution < 1.29 is 8.42 Å². The van der Waals surface area contributed by atoms with E-state index < -0.39 is 10.0 Å². The van der Waals surface area contributed by atoms with Gasteiger partial charge >= 0.3 is 0 Å². The molecular formula is C20H30IN5O2S2. The van der Waals surface area contributed by atoms with Crippen molar-refractivity contribution in [1.29, 1.82) is 0 Å². The quantitative estimate of drug-likeness (QED) is 0.199. The van der Waals surface area contributed by atoms with Crippen LogP contribution in [0.1, 0.15) is 18.4 Å². The fourth-order valence-corrected chi connectivity index (χ4v) is 5.47. The fraction of sp³-hybridized carbons (Fsp3) is 0.450. The van der Waals surface area contributed by atoms with Crippen molar-refractivity contribution in [1.82, 2.24) is 20.3 Å². The van der Waals surface area contributed by atoms with Crippen molar-refractivity contribution in [3.05, 3.63) is 53.4 Å². The number of nitrogens with one attached hydrogen (secondary N) is 3. The minimum Gasteiger partial charge on any atom is -0.355 e. The number of thiophene rings is 1. The number of nitrogens with zero attached hydrogens (tertiary/aromatic N) is 2. The molecular weight excluding hydrogens is 533 g/mol. The number of guanidine groups is 1. The Labute approximate surface area is 200 Å². The van der Waals surface area contributed by atoms with E-state index in [1.165, 1.54) is 16.9 Å². The van der Waals surface area contributed by atoms with Gasteiger partial charge in [-0.1, -0.05) is 36.4 Å². The minimum absolute atomic E-state index is 0. The number of aliphatic imine (C=N–C) groups is 1. The van der Waals surface area contributed by atoms with Crippen LogP contribution in [0.3, 0.4) is 0 Å². The van der Waals surface area contributed by atoms with Crippen LogP contribution in [0, 0.1) is 0 Å². The summed E-state index contributed by atoms with van der Waals surface area (Å²) in [6, 6.07) is 14.2. The largest absolute Gasteiger partial charge is 0.355 e. The average Bonchev–Trinajstić information content (AvgIpc) is 3.27. The molecule has 1 saturated heterocycles. The molecule has 1 unspecified atom stereocenters. The first-order valence-corrected chi connectivity index (χ1v) is 12.2. The highest BCUT2D eigenvalue weighted by atomic mass is 127. The first-order valence-electron chi connectivity index (χ1n) is 9.83. The van der Waals surface area contributed by atoms with Gasteiger partial charge in [-0.05, 0) is 36.4 Å². The molecule has 0 aliphatic carbocycles. The van der Waals surface area contributed by atoms with Crippen LogP contribution in [0.15, 0.2) is 57.0 Å². The summed E-state index contributed by atoms with van der Waals surface area (Å²) in [6.45, 7) is 3.77. The van der Waals surface area contributed by atoms with Gasteiger partial charge < -0.3 is 10.6 Å². The smallest absolute Gasteiger partial charge is 0.250 e. The Bertz CT molecular complexity index is 876. The Morgan fingerprint density at radius 3 is 2.70 bits per heavy atom. The highest BCUT2D eigenvalue weighted by molar-refractivity contribution is 14.0. The van der Waals surface area contributed by atoms with E-state index in [9.17, 15) is 8.42 Å². The van der Waals surface area contributed by atoms with E-state index in [4.69, 9.17) is 0 Å². The average molecular weight is 564 g/mol. The van der Waals surface area contributed by atoms with E-state index in [1.54, 1.807) is 24.6 Å². The molecule has 0 saturated carbocycles. The molecule has 7 nitrogen and oxygen atoms in total. The van der Waals surface area contributed by atoms with Crippen LogP contribution in [-0.2, 0) is 16.6 Å². The molecule has 3 N–H and O–H groups in total. The predicted octanol–water partition coefficient (Wildman–Crippen LogP) is 2.47. The zero-order chi connectivity index (χ0) is 20.5. The zero-order valence-electron chi connectivity index (χ0n) is 17.1. The summed E-state index contributed by atoms with van der Waals surface area (Å²) >= 11 is 1.21. The van der Waals surface area contributed by atoms with Gasteiger partial charge in [-0.2, -0.15) is 0 Å². The lowest BCUT2D eigenvalue weighted by atomic mass is 10.0. The standard InChI is InChI=1S/C20H29N5O2S2.HI/c1-21-20(22-11-12-23-29(26,27)19-10-6-14-28-19)24-18-9-5-13-25(16-18)15-17-7-3-2-4-8-17;/h2-4,6-8,10,14,18,23H,5,9,11-13,15-16H2,1H3,(H2,21,22,24);1H. The molecule has 1 aromatic carbocycles. The molecule has 3 rings (SSSR count). The molecule has 0 bridgehead atoms. The molecule has 1 atom stereocenters. The van der Waals surface area contributed by atoms with E-state index in [1.807, 2.05) is 6.07 Å². The molecule has 10 heteroatoms. The summed E-state index contributed by atoms with van der Waals surface area (Å²) in [7, 11) is -1.69. The third-order valence-corrected chi connectivity index (χ3v) is 7.65. The van der Waals surface area contributed by atoms with Crippen molar-refractivity contribution >= 4 is 51.3 Å². The number of sulfonamides is 1. The number of rotatable bonds is 8. The maximum atomic E-state index is 12.1. The third kappa shape index (κ3) is 7.80. The van der Waals surface area contributed by atoms with Crippen molar-refractivity contribution in [2.45, 2.75) is 29.6 Å². The number of halogens is 1. The molecule has 0 spiro atoms. The number of likely N-dealkylation sites (tertiary alicyclic amines) is 1. The van der Waals surface area contributed by atoms with Gasteiger partial charge in [0.1, 0.15) is 4.21 Å². The van der Waals surface area contributed by atoms with Crippen LogP contribution in [-0.4, -0.2) is 58.5 Å². The molecule has 0 amide bonds. The van der Waals surface area contributed by atoms with Crippen molar-refractivity contribution in [2.75, 3.05) is 33.2 Å². The number of hydrogen-bond acceptors (Lipinski definition) is 5. The molecule has 166 valence electrons. The monoisotopic (exact) mass is 563 g/mol. The molecule has 0 radical (unpaired) electrons. The lowest BCUT2D eigenvalue weighted by Crippen LogP contribution is -2.51. The fourth-order valence-electron chi connectivity index (χ4n) is 3.40. The Morgan fingerprint density at radius 2 is 2.00 bits per heavy atom. The SMILES string of the molecule is CN=C(NCCNS(=O)(=O)c1cccs1)NC1CCCN(Cc2ccccc2)C1.I. The van der Waals surface area contributed by atoms with Gasteiger partial charge in [-0.15, -0.1) is 35.3 Å². The Morgan fingerprint density at radius 1 is 1.20 bits per heavy atom. The predicted molar refractivity (Wildman–Crippen MR) is 134 cm³/mol. The maximum absolute atomic E-state index is 12.1. The molecule has 2 aromatic rings. The lowest BCUT2D eigenvalue weighted by Gasteiger charge is -2.34. The normalized spacial score (nSPS) is 17.9. The Kier molecular flexibility index (Phi) is 10.5. The van der Waals surface area contributed by atoms with Crippen LogP contribution < -0.4 is 15.4 Å². The van der Waals surface area contributed by atoms with Gasteiger partial charge in [-0.3, -0.25) is 9.89 Å². The number of benzene rings is 1. The van der Waals surface area contributed by atoms with Crippen molar-refractivity contribution in [3.8, 4) is 0 Å². The molecule has 1 aliphatic heterocycles. The summed E-state index contributed by atoms with van der Waals surface area (Å²) in [6.07, 6.45) is 2.24. The van der Waals surface area contributed by atoms with E-state index >= 15 is 0 Å². The van der Waals surface area contributed by atoms with Crippen LogP contribution in [0.25, 0.3) is 0 Å². The Balaban J connectivity index is 0.00000320. The van der Waals surface area contributed by atoms with E-state index in [0.717, 1.165) is 32.5 Å². The minimum atomic E-state index is -3.42. The van der Waals surface area contributed by atoms with Crippen LogP contribution in [0.4, 0.5) is 0 Å². The number of piperidine rings is 1. The second-order valence-corrected chi connectivity index (χ2v) is 9.97. The van der Waals surface area contributed by atoms with Gasteiger partial charge in [0, 0.05) is 39.3 Å². The van der Waals surface area contributed by atoms with Crippen LogP contribution >= 0.6 is 35.3 Å². The van der Waals surface area contributed by atoms with Gasteiger partial charge in [-0.25, -0.2) is 13.1 Å². The highest BCUT2D eigenvalue weighted by Crippen LogP contribution is 2.15. The summed E-state index contributed by atoms with van der Waals surface area (Å²) in [5, 5.41) is 8.42. The molecule has 1 aliphatic rings. The zero-order valence-corrected chi connectivity index (χ0v) is 21.0. The van der Waals surface area contributed by atoms with Crippen LogP contribution in [0.2, 0.25) is 0 Å². The summed E-state index contributed by atoms with van der Waals surface area (Å²) in [4.78, 5) is 6.73. The summed E-state index contributed by atoms with van der Waals surface area (Å²) < 4.78 is 27.2. The Hall–Kier alpha value is -1.21. The van der Waals surface area contributed by atoms with Gasteiger partial charge in [0.25, 0.3) is 0 Å².